The van der Waals surface area contributed by atoms with Gasteiger partial charge in [-0.25, -0.2) is 0 Å². The zero-order valence-electron chi connectivity index (χ0n) is 11.5. The molecule has 0 atom stereocenters. The lowest BCUT2D eigenvalue weighted by Crippen LogP contribution is -2.48. The first-order valence-corrected chi connectivity index (χ1v) is 6.48. The number of piperazine rings is 1. The van der Waals surface area contributed by atoms with Crippen LogP contribution in [0.3, 0.4) is 0 Å². The third-order valence-electron chi connectivity index (χ3n) is 3.68. The Labute approximate surface area is 116 Å². The normalized spacial score (nSPS) is 16.4. The quantitative estimate of drug-likeness (QED) is 0.792. The number of benzene rings is 1. The van der Waals surface area contributed by atoms with Crippen LogP contribution in [0.1, 0.15) is 18.1 Å². The average Bonchev–Trinajstić information content (AvgIpc) is 2.37. The van der Waals surface area contributed by atoms with E-state index in [2.05, 4.69) is 0 Å². The van der Waals surface area contributed by atoms with Gasteiger partial charge in [0.25, 0.3) is 0 Å². The van der Waals surface area contributed by atoms with Gasteiger partial charge >= 0.3 is 6.18 Å². The maximum Gasteiger partial charge on any atom is 0.416 e. The molecular weight excluding hydrogens is 269 g/mol. The summed E-state index contributed by atoms with van der Waals surface area (Å²) >= 11 is 0. The minimum atomic E-state index is -4.33. The molecule has 0 N–H and O–H groups in total. The molecule has 0 saturated carbocycles. The number of carbonyl (C=O) groups excluding carboxylic acids is 1. The van der Waals surface area contributed by atoms with Crippen molar-refractivity contribution in [1.29, 1.82) is 0 Å². The van der Waals surface area contributed by atoms with Crippen molar-refractivity contribution in [3.63, 3.8) is 0 Å². The van der Waals surface area contributed by atoms with E-state index in [0.29, 0.717) is 31.9 Å². The molecule has 1 heterocycles. The van der Waals surface area contributed by atoms with Crippen molar-refractivity contribution in [1.82, 2.24) is 4.90 Å². The maximum absolute atomic E-state index is 12.9. The first-order valence-electron chi connectivity index (χ1n) is 6.48. The molecule has 1 aromatic carbocycles. The number of hydrogen-bond acceptors (Lipinski definition) is 2. The fraction of sp³-hybridized carbons (Fsp3) is 0.500. The van der Waals surface area contributed by atoms with Gasteiger partial charge in [-0.05, 0) is 24.6 Å². The van der Waals surface area contributed by atoms with Crippen LogP contribution in [0, 0.1) is 6.92 Å². The molecule has 1 fully saturated rings. The van der Waals surface area contributed by atoms with Crippen molar-refractivity contribution >= 4 is 11.6 Å². The Morgan fingerprint density at radius 1 is 1.15 bits per heavy atom. The zero-order valence-corrected chi connectivity index (χ0v) is 11.5. The molecule has 1 aliphatic rings. The van der Waals surface area contributed by atoms with E-state index in [1.54, 1.807) is 11.0 Å². The number of halogens is 3. The van der Waals surface area contributed by atoms with Gasteiger partial charge < -0.3 is 9.80 Å². The lowest BCUT2D eigenvalue weighted by Gasteiger charge is -2.36. The summed E-state index contributed by atoms with van der Waals surface area (Å²) in [5.41, 5.74) is 0.253. The fourth-order valence-corrected chi connectivity index (χ4v) is 2.54. The van der Waals surface area contributed by atoms with Crippen molar-refractivity contribution < 1.29 is 18.0 Å². The number of alkyl halides is 3. The molecule has 0 bridgehead atoms. The Kier molecular flexibility index (Phi) is 3.92. The Morgan fingerprint density at radius 2 is 1.75 bits per heavy atom. The Morgan fingerprint density at radius 3 is 2.25 bits per heavy atom. The molecule has 2 rings (SSSR count). The second kappa shape index (κ2) is 5.34. The minimum absolute atomic E-state index is 0.00501. The second-order valence-electron chi connectivity index (χ2n) is 4.94. The van der Waals surface area contributed by atoms with Crippen LogP contribution >= 0.6 is 0 Å². The van der Waals surface area contributed by atoms with Crippen molar-refractivity contribution in [2.75, 3.05) is 31.1 Å². The first kappa shape index (κ1) is 14.7. The molecule has 1 aromatic rings. The van der Waals surface area contributed by atoms with Crippen LogP contribution in [0.5, 0.6) is 0 Å². The molecule has 110 valence electrons. The van der Waals surface area contributed by atoms with Gasteiger partial charge in [-0.3, -0.25) is 4.79 Å². The lowest BCUT2D eigenvalue weighted by atomic mass is 10.0. The third-order valence-corrected chi connectivity index (χ3v) is 3.68. The van der Waals surface area contributed by atoms with E-state index in [0.717, 1.165) is 6.07 Å². The predicted octanol–water partition coefficient (Wildman–Crippen LogP) is 2.68. The van der Waals surface area contributed by atoms with Crippen molar-refractivity contribution in [2.45, 2.75) is 20.0 Å². The van der Waals surface area contributed by atoms with Gasteiger partial charge in [-0.15, -0.1) is 0 Å². The summed E-state index contributed by atoms with van der Waals surface area (Å²) in [4.78, 5) is 14.9. The Balaban J connectivity index is 2.21. The van der Waals surface area contributed by atoms with E-state index in [-0.39, 0.29) is 11.5 Å². The molecule has 0 aromatic heterocycles. The average molecular weight is 286 g/mol. The monoisotopic (exact) mass is 286 g/mol. The highest BCUT2D eigenvalue weighted by Gasteiger charge is 2.33. The third kappa shape index (κ3) is 2.89. The molecule has 1 amide bonds. The van der Waals surface area contributed by atoms with Gasteiger partial charge in [-0.2, -0.15) is 13.2 Å². The number of carbonyl (C=O) groups is 1. The van der Waals surface area contributed by atoms with Crippen LogP contribution in [0.4, 0.5) is 18.9 Å². The SMILES string of the molecule is CC(=O)N1CCN(c2cccc(C(F)(F)F)c2C)CC1. The van der Waals surface area contributed by atoms with Gasteiger partial charge in [0.2, 0.25) is 5.91 Å². The van der Waals surface area contributed by atoms with Gasteiger partial charge in [0.05, 0.1) is 5.56 Å². The highest BCUT2D eigenvalue weighted by atomic mass is 19.4. The summed E-state index contributed by atoms with van der Waals surface area (Å²) in [5.74, 6) is 0.00501. The van der Waals surface area contributed by atoms with Crippen LogP contribution in [0.25, 0.3) is 0 Å². The molecule has 1 saturated heterocycles. The number of rotatable bonds is 1. The summed E-state index contributed by atoms with van der Waals surface area (Å²) in [6.45, 7) is 5.21. The number of amides is 1. The molecule has 0 aliphatic carbocycles. The molecule has 0 spiro atoms. The molecular formula is C14H17F3N2O. The predicted molar refractivity (Wildman–Crippen MR) is 70.6 cm³/mol. The topological polar surface area (TPSA) is 23.6 Å². The molecule has 0 unspecified atom stereocenters. The molecule has 6 heteroatoms. The summed E-state index contributed by atoms with van der Waals surface area (Å²) in [6.07, 6.45) is -4.33. The number of hydrogen-bond donors (Lipinski definition) is 0. The highest BCUT2D eigenvalue weighted by molar-refractivity contribution is 5.73. The summed E-state index contributed by atoms with van der Waals surface area (Å²) in [7, 11) is 0. The molecule has 0 radical (unpaired) electrons. The van der Waals surface area contributed by atoms with Gasteiger partial charge in [0, 0.05) is 38.8 Å². The summed E-state index contributed by atoms with van der Waals surface area (Å²) in [6, 6.07) is 4.24. The number of nitrogens with zero attached hydrogens (tertiary/aromatic N) is 2. The van der Waals surface area contributed by atoms with Crippen LogP contribution in [0.2, 0.25) is 0 Å². The Bertz CT molecular complexity index is 506. The van der Waals surface area contributed by atoms with Crippen LogP contribution in [0.15, 0.2) is 18.2 Å². The molecule has 3 nitrogen and oxygen atoms in total. The smallest absolute Gasteiger partial charge is 0.368 e. The van der Waals surface area contributed by atoms with Crippen LogP contribution in [-0.2, 0) is 11.0 Å². The van der Waals surface area contributed by atoms with Gasteiger partial charge in [-0.1, -0.05) is 6.07 Å². The molecule has 20 heavy (non-hydrogen) atoms. The van der Waals surface area contributed by atoms with E-state index >= 15 is 0 Å². The summed E-state index contributed by atoms with van der Waals surface area (Å²) in [5, 5.41) is 0. The second-order valence-corrected chi connectivity index (χ2v) is 4.94. The van der Waals surface area contributed by atoms with Crippen LogP contribution in [-0.4, -0.2) is 37.0 Å². The van der Waals surface area contributed by atoms with Crippen molar-refractivity contribution in [2.24, 2.45) is 0 Å². The standard InChI is InChI=1S/C14H17F3N2O/c1-10-12(14(15,16)17)4-3-5-13(10)19-8-6-18(7-9-19)11(2)20/h3-5H,6-9H2,1-2H3. The fourth-order valence-electron chi connectivity index (χ4n) is 2.54. The van der Waals surface area contributed by atoms with E-state index in [4.69, 9.17) is 0 Å². The molecule has 1 aliphatic heterocycles. The highest BCUT2D eigenvalue weighted by Crippen LogP contribution is 2.35. The van der Waals surface area contributed by atoms with Crippen molar-refractivity contribution in [3.05, 3.63) is 29.3 Å². The largest absolute Gasteiger partial charge is 0.416 e. The Hall–Kier alpha value is -1.72. The minimum Gasteiger partial charge on any atom is -0.368 e. The van der Waals surface area contributed by atoms with Gasteiger partial charge in [0.1, 0.15) is 0 Å². The lowest BCUT2D eigenvalue weighted by molar-refractivity contribution is -0.138. The van der Waals surface area contributed by atoms with E-state index in [9.17, 15) is 18.0 Å². The van der Waals surface area contributed by atoms with E-state index < -0.39 is 11.7 Å². The van der Waals surface area contributed by atoms with Crippen LogP contribution < -0.4 is 4.90 Å². The summed E-state index contributed by atoms with van der Waals surface area (Å²) < 4.78 is 38.7. The maximum atomic E-state index is 12.9. The van der Waals surface area contributed by atoms with E-state index in [1.165, 1.54) is 19.9 Å². The zero-order chi connectivity index (χ0) is 14.9. The number of anilines is 1. The van der Waals surface area contributed by atoms with Gasteiger partial charge in [0.15, 0.2) is 0 Å². The first-order chi connectivity index (χ1) is 9.30. The van der Waals surface area contributed by atoms with Crippen molar-refractivity contribution in [3.8, 4) is 0 Å². The van der Waals surface area contributed by atoms with E-state index in [1.807, 2.05) is 4.90 Å².